The van der Waals surface area contributed by atoms with E-state index in [1.54, 1.807) is 24.9 Å². The van der Waals surface area contributed by atoms with Gasteiger partial charge in [0.2, 0.25) is 0 Å². The van der Waals surface area contributed by atoms with Gasteiger partial charge in [0.15, 0.2) is 5.82 Å². The summed E-state index contributed by atoms with van der Waals surface area (Å²) in [7, 11) is 1.79. The number of nitrogens with one attached hydrogen (secondary N) is 1. The molecule has 0 saturated heterocycles. The lowest BCUT2D eigenvalue weighted by molar-refractivity contribution is 0.425. The molecule has 0 unspecified atom stereocenters. The Hall–Kier alpha value is -2.05. The van der Waals surface area contributed by atoms with E-state index in [1.165, 1.54) is 0 Å². The van der Waals surface area contributed by atoms with Crippen LogP contribution in [0.3, 0.4) is 0 Å². The highest BCUT2D eigenvalue weighted by atomic mass is 16.5. The molecule has 15 heavy (non-hydrogen) atoms. The Balaban J connectivity index is 2.02. The molecule has 7 nitrogen and oxygen atoms in total. The number of nitrogens with zero attached hydrogens (tertiary/aromatic N) is 4. The minimum atomic E-state index is 0.385. The quantitative estimate of drug-likeness (QED) is 0.753. The Kier molecular flexibility index (Phi) is 2.28. The summed E-state index contributed by atoms with van der Waals surface area (Å²) in [5, 5.41) is 10.6. The van der Waals surface area contributed by atoms with Crippen LogP contribution in [0.25, 0.3) is 0 Å². The molecule has 7 heteroatoms. The van der Waals surface area contributed by atoms with Crippen molar-refractivity contribution in [2.75, 3.05) is 11.1 Å². The first kappa shape index (κ1) is 9.50. The van der Waals surface area contributed by atoms with Crippen LogP contribution in [0.15, 0.2) is 10.7 Å². The number of nitrogens with two attached hydrogens (primary N) is 1. The van der Waals surface area contributed by atoms with E-state index in [-0.39, 0.29) is 0 Å². The number of nitrogen functional groups attached to an aromatic ring is 1. The number of aromatic nitrogens is 4. The van der Waals surface area contributed by atoms with Crippen molar-refractivity contribution < 1.29 is 4.52 Å². The summed E-state index contributed by atoms with van der Waals surface area (Å²) in [6.45, 7) is 2.27. The lowest BCUT2D eigenvalue weighted by atomic mass is 10.3. The first-order chi connectivity index (χ1) is 7.16. The van der Waals surface area contributed by atoms with Gasteiger partial charge >= 0.3 is 6.01 Å². The predicted molar refractivity (Wildman–Crippen MR) is 54.0 cm³/mol. The third-order valence-electron chi connectivity index (χ3n) is 2.02. The molecule has 0 atom stereocenters. The van der Waals surface area contributed by atoms with Crippen LogP contribution >= 0.6 is 0 Å². The molecule has 0 bridgehead atoms. The fourth-order valence-electron chi connectivity index (χ4n) is 1.17. The summed E-state index contributed by atoms with van der Waals surface area (Å²) in [6.07, 6.45) is 1.70. The molecule has 0 aromatic carbocycles. The molecular formula is C8H12N6O. The van der Waals surface area contributed by atoms with Crippen LogP contribution in [-0.4, -0.2) is 19.9 Å². The summed E-state index contributed by atoms with van der Waals surface area (Å²) < 4.78 is 6.50. The minimum Gasteiger partial charge on any atom is -0.384 e. The molecule has 0 radical (unpaired) electrons. The van der Waals surface area contributed by atoms with Crippen molar-refractivity contribution in [2.24, 2.45) is 7.05 Å². The monoisotopic (exact) mass is 208 g/mol. The van der Waals surface area contributed by atoms with Crippen molar-refractivity contribution in [3.63, 3.8) is 0 Å². The average Bonchev–Trinajstić information content (AvgIpc) is 2.74. The molecule has 0 amide bonds. The van der Waals surface area contributed by atoms with Crippen LogP contribution in [0, 0.1) is 6.92 Å². The van der Waals surface area contributed by atoms with E-state index >= 15 is 0 Å². The van der Waals surface area contributed by atoms with Gasteiger partial charge in [-0.05, 0) is 6.92 Å². The van der Waals surface area contributed by atoms with Gasteiger partial charge < -0.3 is 15.6 Å². The Bertz CT molecular complexity index is 459. The highest BCUT2D eigenvalue weighted by molar-refractivity contribution is 5.40. The van der Waals surface area contributed by atoms with Gasteiger partial charge in [-0.2, -0.15) is 10.1 Å². The van der Waals surface area contributed by atoms with Crippen molar-refractivity contribution in [1.82, 2.24) is 19.9 Å². The van der Waals surface area contributed by atoms with Gasteiger partial charge in [-0.25, -0.2) is 0 Å². The second-order valence-electron chi connectivity index (χ2n) is 3.18. The van der Waals surface area contributed by atoms with Gasteiger partial charge in [0, 0.05) is 19.2 Å². The maximum atomic E-state index is 5.77. The van der Waals surface area contributed by atoms with E-state index < -0.39 is 0 Å². The number of hydrogen-bond acceptors (Lipinski definition) is 6. The van der Waals surface area contributed by atoms with E-state index in [9.17, 15) is 0 Å². The van der Waals surface area contributed by atoms with Crippen LogP contribution in [0.1, 0.15) is 11.4 Å². The lowest BCUT2D eigenvalue weighted by Crippen LogP contribution is -2.04. The Morgan fingerprint density at radius 1 is 1.60 bits per heavy atom. The molecule has 3 N–H and O–H groups in total. The van der Waals surface area contributed by atoms with Crippen LogP contribution in [0.4, 0.5) is 11.8 Å². The lowest BCUT2D eigenvalue weighted by Gasteiger charge is -2.00. The topological polar surface area (TPSA) is 94.8 Å². The van der Waals surface area contributed by atoms with Crippen LogP contribution in [0.5, 0.6) is 0 Å². The number of anilines is 2. The van der Waals surface area contributed by atoms with E-state index in [4.69, 9.17) is 10.3 Å². The Morgan fingerprint density at radius 3 is 2.93 bits per heavy atom. The van der Waals surface area contributed by atoms with Gasteiger partial charge in [-0.1, -0.05) is 5.16 Å². The minimum absolute atomic E-state index is 0.385. The normalized spacial score (nSPS) is 10.5. The first-order valence-corrected chi connectivity index (χ1v) is 4.47. The van der Waals surface area contributed by atoms with Gasteiger partial charge in [0.25, 0.3) is 0 Å². The van der Waals surface area contributed by atoms with E-state index in [1.807, 2.05) is 0 Å². The Morgan fingerprint density at radius 2 is 2.40 bits per heavy atom. The highest BCUT2D eigenvalue weighted by Crippen LogP contribution is 2.11. The van der Waals surface area contributed by atoms with Crippen molar-refractivity contribution in [3.05, 3.63) is 17.6 Å². The van der Waals surface area contributed by atoms with Crippen molar-refractivity contribution in [1.29, 1.82) is 0 Å². The zero-order valence-electron chi connectivity index (χ0n) is 8.56. The smallest absolute Gasteiger partial charge is 0.321 e. The zero-order valence-corrected chi connectivity index (χ0v) is 8.56. The molecule has 0 saturated carbocycles. The largest absolute Gasteiger partial charge is 0.384 e. The maximum Gasteiger partial charge on any atom is 0.321 e. The molecule has 2 aromatic heterocycles. The van der Waals surface area contributed by atoms with Crippen LogP contribution < -0.4 is 11.1 Å². The van der Waals surface area contributed by atoms with Gasteiger partial charge in [0.05, 0.1) is 6.20 Å². The summed E-state index contributed by atoms with van der Waals surface area (Å²) >= 11 is 0. The van der Waals surface area contributed by atoms with Crippen molar-refractivity contribution in [3.8, 4) is 0 Å². The number of rotatable bonds is 3. The van der Waals surface area contributed by atoms with E-state index in [0.29, 0.717) is 24.2 Å². The van der Waals surface area contributed by atoms with E-state index in [2.05, 4.69) is 20.6 Å². The zero-order chi connectivity index (χ0) is 10.8. The van der Waals surface area contributed by atoms with Crippen molar-refractivity contribution in [2.45, 2.75) is 13.5 Å². The third-order valence-corrected chi connectivity index (χ3v) is 2.02. The van der Waals surface area contributed by atoms with Crippen molar-refractivity contribution >= 4 is 11.8 Å². The van der Waals surface area contributed by atoms with Gasteiger partial charge in [-0.15, -0.1) is 0 Å². The summed E-state index contributed by atoms with van der Waals surface area (Å²) in [6, 6.07) is 0.385. The number of aryl methyl sites for hydroxylation is 2. The molecular weight excluding hydrogens is 196 g/mol. The molecule has 0 aliphatic rings. The average molecular weight is 208 g/mol. The molecule has 80 valence electrons. The van der Waals surface area contributed by atoms with Gasteiger partial charge in [0.1, 0.15) is 5.82 Å². The second-order valence-corrected chi connectivity index (χ2v) is 3.18. The fraction of sp³-hybridized carbons (Fsp3) is 0.375. The van der Waals surface area contributed by atoms with Gasteiger partial charge in [-0.3, -0.25) is 4.68 Å². The molecule has 2 aromatic rings. The van der Waals surface area contributed by atoms with E-state index in [0.717, 1.165) is 5.56 Å². The molecule has 0 spiro atoms. The Labute approximate surface area is 86.3 Å². The predicted octanol–water partition coefficient (Wildman–Crippen LogP) is 0.306. The SMILES string of the molecule is Cc1noc(NCc2cnn(C)c2N)n1. The standard InChI is InChI=1S/C8H12N6O/c1-5-12-8(15-13-5)10-3-6-4-11-14(2)7(6)9/h4H,3,9H2,1-2H3,(H,10,12,13). The number of hydrogen-bond donors (Lipinski definition) is 2. The summed E-state index contributed by atoms with van der Waals surface area (Å²) in [4.78, 5) is 4.01. The second kappa shape index (κ2) is 3.60. The fourth-order valence-corrected chi connectivity index (χ4v) is 1.17. The summed E-state index contributed by atoms with van der Waals surface area (Å²) in [5.74, 6) is 1.22. The third kappa shape index (κ3) is 1.90. The maximum absolute atomic E-state index is 5.77. The highest BCUT2D eigenvalue weighted by Gasteiger charge is 2.06. The summed E-state index contributed by atoms with van der Waals surface area (Å²) in [5.41, 5.74) is 6.66. The van der Waals surface area contributed by atoms with Crippen LogP contribution in [-0.2, 0) is 13.6 Å². The molecule has 2 rings (SSSR count). The molecule has 0 fully saturated rings. The molecule has 2 heterocycles. The van der Waals surface area contributed by atoms with Crippen LogP contribution in [0.2, 0.25) is 0 Å². The molecule has 0 aliphatic carbocycles. The molecule has 0 aliphatic heterocycles. The first-order valence-electron chi connectivity index (χ1n) is 4.47.